The van der Waals surface area contributed by atoms with Crippen molar-refractivity contribution in [2.24, 2.45) is 0 Å². The van der Waals surface area contributed by atoms with Gasteiger partial charge in [-0.3, -0.25) is 9.48 Å². The van der Waals surface area contributed by atoms with E-state index in [4.69, 9.17) is 25.8 Å². The molecular formula is C21H20ClN3O4. The third kappa shape index (κ3) is 4.06. The average Bonchev–Trinajstić information content (AvgIpc) is 3.18. The SMILES string of the molecule is COc1ccc(OC)c(NC(=O)c2cc3n(n2)C[C@@H](c2ccc(Cl)cc2)OC3)c1. The molecule has 7 nitrogen and oxygen atoms in total. The van der Waals surface area contributed by atoms with Crippen LogP contribution in [0.25, 0.3) is 0 Å². The van der Waals surface area contributed by atoms with Gasteiger partial charge in [-0.2, -0.15) is 5.10 Å². The highest BCUT2D eigenvalue weighted by molar-refractivity contribution is 6.30. The zero-order valence-electron chi connectivity index (χ0n) is 16.0. The number of benzene rings is 2. The van der Waals surface area contributed by atoms with E-state index >= 15 is 0 Å². The van der Waals surface area contributed by atoms with Crippen molar-refractivity contribution < 1.29 is 19.0 Å². The number of anilines is 1. The van der Waals surface area contributed by atoms with Crippen molar-refractivity contribution in [1.29, 1.82) is 0 Å². The van der Waals surface area contributed by atoms with Crippen molar-refractivity contribution in [2.75, 3.05) is 19.5 Å². The first-order chi connectivity index (χ1) is 14.1. The number of carbonyl (C=O) groups is 1. The highest BCUT2D eigenvalue weighted by Crippen LogP contribution is 2.30. The number of nitrogens with one attached hydrogen (secondary N) is 1. The fraction of sp³-hybridized carbons (Fsp3) is 0.238. The Bertz CT molecular complexity index is 1030. The van der Waals surface area contributed by atoms with Gasteiger partial charge in [-0.25, -0.2) is 0 Å². The number of aromatic nitrogens is 2. The predicted octanol–water partition coefficient (Wildman–Crippen LogP) is 4.08. The molecule has 0 radical (unpaired) electrons. The van der Waals surface area contributed by atoms with E-state index in [2.05, 4.69) is 10.4 Å². The molecule has 0 spiro atoms. The average molecular weight is 414 g/mol. The minimum Gasteiger partial charge on any atom is -0.497 e. The third-order valence-corrected chi connectivity index (χ3v) is 5.02. The fourth-order valence-corrected chi connectivity index (χ4v) is 3.34. The van der Waals surface area contributed by atoms with Crippen molar-refractivity contribution in [1.82, 2.24) is 9.78 Å². The number of hydrogen-bond donors (Lipinski definition) is 1. The molecule has 4 rings (SSSR count). The van der Waals surface area contributed by atoms with E-state index < -0.39 is 0 Å². The number of ether oxygens (including phenoxy) is 3. The van der Waals surface area contributed by atoms with Gasteiger partial charge in [0.15, 0.2) is 5.69 Å². The second kappa shape index (κ2) is 8.14. The molecule has 1 aromatic heterocycles. The molecule has 1 N–H and O–H groups in total. The van der Waals surface area contributed by atoms with Crippen molar-refractivity contribution >= 4 is 23.2 Å². The first-order valence-electron chi connectivity index (χ1n) is 9.04. The maximum atomic E-state index is 12.7. The molecule has 29 heavy (non-hydrogen) atoms. The number of methoxy groups -OCH3 is 2. The van der Waals surface area contributed by atoms with Crippen molar-refractivity contribution in [3.05, 3.63) is 70.5 Å². The minimum atomic E-state index is -0.332. The Labute approximate surface area is 173 Å². The Morgan fingerprint density at radius 1 is 1.17 bits per heavy atom. The molecule has 1 amide bonds. The van der Waals surface area contributed by atoms with E-state index in [1.807, 2.05) is 24.3 Å². The second-order valence-corrected chi connectivity index (χ2v) is 7.01. The maximum absolute atomic E-state index is 12.7. The Balaban J connectivity index is 1.52. The quantitative estimate of drug-likeness (QED) is 0.682. The molecule has 0 unspecified atom stereocenters. The lowest BCUT2D eigenvalue weighted by molar-refractivity contribution is -0.00118. The Morgan fingerprint density at radius 2 is 1.97 bits per heavy atom. The lowest BCUT2D eigenvalue weighted by atomic mass is 10.1. The van der Waals surface area contributed by atoms with Gasteiger partial charge in [-0.05, 0) is 35.9 Å². The van der Waals surface area contributed by atoms with Crippen LogP contribution in [0.5, 0.6) is 11.5 Å². The van der Waals surface area contributed by atoms with Crippen LogP contribution in [0.3, 0.4) is 0 Å². The lowest BCUT2D eigenvalue weighted by Gasteiger charge is -2.24. The molecule has 0 bridgehead atoms. The number of halogens is 1. The van der Waals surface area contributed by atoms with E-state index in [1.165, 1.54) is 0 Å². The normalized spacial score (nSPS) is 15.5. The van der Waals surface area contributed by atoms with Crippen LogP contribution >= 0.6 is 11.6 Å². The minimum absolute atomic E-state index is 0.144. The van der Waals surface area contributed by atoms with Crippen LogP contribution in [-0.4, -0.2) is 29.9 Å². The molecule has 2 heterocycles. The summed E-state index contributed by atoms with van der Waals surface area (Å²) in [4.78, 5) is 12.7. The van der Waals surface area contributed by atoms with Gasteiger partial charge in [0.1, 0.15) is 17.6 Å². The van der Waals surface area contributed by atoms with Gasteiger partial charge >= 0.3 is 0 Å². The van der Waals surface area contributed by atoms with Gasteiger partial charge in [-0.1, -0.05) is 23.7 Å². The summed E-state index contributed by atoms with van der Waals surface area (Å²) in [7, 11) is 3.11. The van der Waals surface area contributed by atoms with Crippen molar-refractivity contribution in [3.8, 4) is 11.5 Å². The van der Waals surface area contributed by atoms with Crippen LogP contribution in [0.4, 0.5) is 5.69 Å². The zero-order chi connectivity index (χ0) is 20.4. The summed E-state index contributed by atoms with van der Waals surface area (Å²) in [6.45, 7) is 0.892. The smallest absolute Gasteiger partial charge is 0.276 e. The maximum Gasteiger partial charge on any atom is 0.276 e. The van der Waals surface area contributed by atoms with Gasteiger partial charge < -0.3 is 19.5 Å². The van der Waals surface area contributed by atoms with Crippen LogP contribution in [0, 0.1) is 0 Å². The summed E-state index contributed by atoms with van der Waals surface area (Å²) in [6.07, 6.45) is -0.144. The van der Waals surface area contributed by atoms with E-state index in [-0.39, 0.29) is 12.0 Å². The summed E-state index contributed by atoms with van der Waals surface area (Å²) >= 11 is 5.96. The summed E-state index contributed by atoms with van der Waals surface area (Å²) in [6, 6.07) is 14.5. The molecule has 0 aliphatic carbocycles. The van der Waals surface area contributed by atoms with Gasteiger partial charge in [0, 0.05) is 11.1 Å². The molecule has 0 saturated heterocycles. The second-order valence-electron chi connectivity index (χ2n) is 6.57. The largest absolute Gasteiger partial charge is 0.497 e. The number of hydrogen-bond acceptors (Lipinski definition) is 5. The number of amides is 1. The third-order valence-electron chi connectivity index (χ3n) is 4.76. The summed E-state index contributed by atoms with van der Waals surface area (Å²) < 4.78 is 18.3. The van der Waals surface area contributed by atoms with Crippen LogP contribution in [-0.2, 0) is 17.9 Å². The van der Waals surface area contributed by atoms with E-state index in [9.17, 15) is 4.79 Å². The van der Waals surface area contributed by atoms with E-state index in [0.717, 1.165) is 11.3 Å². The molecule has 2 aromatic carbocycles. The van der Waals surface area contributed by atoms with Crippen LogP contribution < -0.4 is 14.8 Å². The van der Waals surface area contributed by atoms with Gasteiger partial charge in [-0.15, -0.1) is 0 Å². The number of nitrogens with zero attached hydrogens (tertiary/aromatic N) is 2. The first-order valence-corrected chi connectivity index (χ1v) is 9.42. The molecule has 0 saturated carbocycles. The first kappa shape index (κ1) is 19.3. The fourth-order valence-electron chi connectivity index (χ4n) is 3.21. The molecular weight excluding hydrogens is 394 g/mol. The molecule has 3 aromatic rings. The van der Waals surface area contributed by atoms with Crippen LogP contribution in [0.15, 0.2) is 48.5 Å². The molecule has 1 aliphatic heterocycles. The molecule has 1 atom stereocenters. The lowest BCUT2D eigenvalue weighted by Crippen LogP contribution is -2.22. The van der Waals surface area contributed by atoms with E-state index in [0.29, 0.717) is 41.1 Å². The summed E-state index contributed by atoms with van der Waals surface area (Å²) in [5.41, 5.74) is 2.68. The highest BCUT2D eigenvalue weighted by Gasteiger charge is 2.24. The molecule has 1 aliphatic rings. The standard InChI is InChI=1S/C21H20ClN3O4/c1-27-16-7-8-19(28-2)17(10-16)23-21(26)18-9-15-12-29-20(11-25(15)24-18)13-3-5-14(22)6-4-13/h3-10,20H,11-12H2,1-2H3,(H,23,26)/t20-/m0/s1. The van der Waals surface area contributed by atoms with E-state index in [1.54, 1.807) is 43.2 Å². The summed E-state index contributed by atoms with van der Waals surface area (Å²) in [5, 5.41) is 7.98. The number of carbonyl (C=O) groups excluding carboxylic acids is 1. The molecule has 0 fully saturated rings. The Hall–Kier alpha value is -3.03. The van der Waals surface area contributed by atoms with Gasteiger partial charge in [0.2, 0.25) is 0 Å². The van der Waals surface area contributed by atoms with Crippen LogP contribution in [0.1, 0.15) is 27.8 Å². The monoisotopic (exact) mass is 413 g/mol. The van der Waals surface area contributed by atoms with Crippen molar-refractivity contribution in [2.45, 2.75) is 19.3 Å². The Morgan fingerprint density at radius 3 is 2.69 bits per heavy atom. The Kier molecular flexibility index (Phi) is 5.42. The predicted molar refractivity (Wildman–Crippen MR) is 109 cm³/mol. The van der Waals surface area contributed by atoms with Gasteiger partial charge in [0.25, 0.3) is 5.91 Å². The number of fused-ring (bicyclic) bond motifs is 1. The van der Waals surface area contributed by atoms with Gasteiger partial charge in [0.05, 0.1) is 38.8 Å². The zero-order valence-corrected chi connectivity index (χ0v) is 16.8. The molecule has 8 heteroatoms. The number of rotatable bonds is 5. The highest BCUT2D eigenvalue weighted by atomic mass is 35.5. The van der Waals surface area contributed by atoms with Crippen LogP contribution in [0.2, 0.25) is 5.02 Å². The molecule has 150 valence electrons. The van der Waals surface area contributed by atoms with Crippen molar-refractivity contribution in [3.63, 3.8) is 0 Å². The summed E-state index contributed by atoms with van der Waals surface area (Å²) in [5.74, 6) is 0.820. The topological polar surface area (TPSA) is 74.6 Å².